The van der Waals surface area contributed by atoms with Gasteiger partial charge in [0, 0.05) is 85.6 Å². The summed E-state index contributed by atoms with van der Waals surface area (Å²) < 4.78 is 158. The number of aryl methyl sites for hydroxylation is 1. The van der Waals surface area contributed by atoms with E-state index in [0.717, 1.165) is 20.4 Å². The van der Waals surface area contributed by atoms with Crippen LogP contribution in [0.2, 0.25) is 0 Å². The van der Waals surface area contributed by atoms with E-state index in [1.165, 1.54) is 55.5 Å². The van der Waals surface area contributed by atoms with Crippen LogP contribution >= 0.6 is 0 Å². The molecule has 1 atom stereocenters. The van der Waals surface area contributed by atoms with Gasteiger partial charge < -0.3 is 19.1 Å². The molecule has 1 unspecified atom stereocenters. The van der Waals surface area contributed by atoms with Crippen LogP contribution < -0.4 is 9.80 Å². The van der Waals surface area contributed by atoms with Crippen LogP contribution in [0, 0.1) is 65.1 Å². The number of anilines is 2. The number of halogens is 10. The summed E-state index contributed by atoms with van der Waals surface area (Å²) in [6.07, 6.45) is -0.480. The second kappa shape index (κ2) is 35.7. The molecule has 9 aromatic carbocycles. The van der Waals surface area contributed by atoms with E-state index in [9.17, 15) is 82.3 Å². The molecule has 0 fully saturated rings. The quantitative estimate of drug-likeness (QED) is 0.0245. The molecule has 0 radical (unpaired) electrons. The molecule has 0 aromatic heterocycles. The first-order valence-corrected chi connectivity index (χ1v) is 33.5. The molecular formula is C83H78F10N4O12. The lowest BCUT2D eigenvalue weighted by atomic mass is 9.86. The van der Waals surface area contributed by atoms with Gasteiger partial charge in [0.25, 0.3) is 23.6 Å². The number of Topliss-reactive ketones (excluding diaryl/α,β-unsaturated/α-hetero) is 1. The smallest absolute Gasteiger partial charge is 0.326 e. The summed E-state index contributed by atoms with van der Waals surface area (Å²) in [4.78, 5) is 111. The molecule has 26 heteroatoms. The van der Waals surface area contributed by atoms with Crippen molar-refractivity contribution in [2.24, 2.45) is 0 Å². The number of rotatable bonds is 19. The predicted octanol–water partition coefficient (Wildman–Crippen LogP) is 17.8. The predicted molar refractivity (Wildman–Crippen MR) is 389 cm³/mol. The third-order valence-corrected chi connectivity index (χ3v) is 15.6. The van der Waals surface area contributed by atoms with Crippen molar-refractivity contribution in [1.82, 2.24) is 9.96 Å². The molecule has 0 heterocycles. The lowest BCUT2D eigenvalue weighted by Crippen LogP contribution is -2.39. The zero-order valence-corrected chi connectivity index (χ0v) is 61.9. The Morgan fingerprint density at radius 1 is 0.376 bits per heavy atom. The highest BCUT2D eigenvalue weighted by Gasteiger charge is 2.35. The maximum atomic E-state index is 14.5. The van der Waals surface area contributed by atoms with Crippen molar-refractivity contribution < 1.29 is 101 Å². The molecular weight excluding hydrogens is 1430 g/mol. The van der Waals surface area contributed by atoms with E-state index in [0.29, 0.717) is 80.9 Å². The second-order valence-corrected chi connectivity index (χ2v) is 27.9. The summed E-state index contributed by atoms with van der Waals surface area (Å²) in [5, 5.41) is 1.06. The molecule has 0 bridgehead atoms. The average Bonchev–Trinajstić information content (AvgIpc) is 0.801. The maximum absolute atomic E-state index is 14.5. The van der Waals surface area contributed by atoms with E-state index in [1.54, 1.807) is 186 Å². The number of carbonyl (C=O) groups is 8. The van der Waals surface area contributed by atoms with E-state index in [4.69, 9.17) is 19.0 Å². The second-order valence-electron chi connectivity index (χ2n) is 27.9. The molecule has 109 heavy (non-hydrogen) atoms. The molecule has 0 saturated carbocycles. The molecule has 0 N–H and O–H groups in total. The van der Waals surface area contributed by atoms with Gasteiger partial charge in [-0.1, -0.05) is 84.9 Å². The van der Waals surface area contributed by atoms with Gasteiger partial charge in [0.15, 0.2) is 5.78 Å². The van der Waals surface area contributed by atoms with Crippen molar-refractivity contribution in [2.45, 2.75) is 98.4 Å². The molecule has 4 amide bonds. The van der Waals surface area contributed by atoms with Crippen molar-refractivity contribution in [3.05, 3.63) is 273 Å². The summed E-state index contributed by atoms with van der Waals surface area (Å²) >= 11 is 0. The molecule has 9 rings (SSSR count). The number of ketones is 1. The minimum atomic E-state index is -1.42. The van der Waals surface area contributed by atoms with Gasteiger partial charge in [-0.15, -0.1) is 0 Å². The van der Waals surface area contributed by atoms with Gasteiger partial charge in [-0.25, -0.2) is 49.0 Å². The van der Waals surface area contributed by atoms with Crippen LogP contribution in [0.3, 0.4) is 0 Å². The molecule has 9 aromatic rings. The number of ether oxygens (including phenoxy) is 3. The first-order valence-electron chi connectivity index (χ1n) is 33.5. The van der Waals surface area contributed by atoms with Crippen molar-refractivity contribution in [3.63, 3.8) is 0 Å². The molecule has 0 spiro atoms. The standard InChI is InChI=1S/C29H28F3NO4.C28H27F3N2O5.C26H23F4NO3/c1-29(2,3)37-25(34)16-22(27(35)26-23(31)14-21(30)15-24(26)32)20-8-6-7-19(13-20)17-9-11-18(12-10-17)28(36)33(4)5;1-28(2,3)38-24(34)16-33(27(36)25-22(30)14-20(29)15-23(25)31)21-11-7-9-18(13-21)17-8-6-10-19(12-17)26(35)32(4)37-5;1-15-8-9-19(20(28)10-15)16-6-5-7-18(11-16)31(14-23(32)34-26(2,3)4)25(33)24-21(29)12-17(27)13-22(24)30/h6-15,22H,16H2,1-5H3;6-15H,16H2,1-5H3;5-13H,14H2,1-4H3. The zero-order valence-electron chi connectivity index (χ0n) is 61.9. The maximum Gasteiger partial charge on any atom is 0.326 e. The normalized spacial score (nSPS) is 11.5. The van der Waals surface area contributed by atoms with Gasteiger partial charge in [-0.05, 0) is 163 Å². The SMILES string of the molecule is CN(C)C(=O)c1ccc(-c2cccc(C(CC(=O)OC(C)(C)C)C(=O)c3c(F)cc(F)cc3F)c2)cc1.CON(C)C(=O)c1cccc(-c2cccc(N(CC(=O)OC(C)(C)C)C(=O)c3c(F)cc(F)cc3F)c2)c1.Cc1ccc(-c2cccc(N(CC(=O)OC(C)(C)C)C(=O)c3c(F)cc(F)cc3F)c2)c(F)c1. The summed E-state index contributed by atoms with van der Waals surface area (Å²) in [5.41, 5.74) is -0.437. The Kier molecular flexibility index (Phi) is 27.7. The Balaban J connectivity index is 0.000000228. The zero-order chi connectivity index (χ0) is 80.9. The number of amides is 4. The molecule has 0 aliphatic rings. The molecule has 0 saturated heterocycles. The fourth-order valence-corrected chi connectivity index (χ4v) is 10.8. The highest BCUT2D eigenvalue weighted by Crippen LogP contribution is 2.35. The molecule has 0 aliphatic carbocycles. The van der Waals surface area contributed by atoms with Crippen molar-refractivity contribution in [2.75, 3.05) is 51.1 Å². The van der Waals surface area contributed by atoms with Crippen LogP contribution in [0.25, 0.3) is 33.4 Å². The summed E-state index contributed by atoms with van der Waals surface area (Å²) in [7, 11) is 6.11. The summed E-state index contributed by atoms with van der Waals surface area (Å²) in [6, 6.07) is 39.2. The third-order valence-electron chi connectivity index (χ3n) is 15.6. The van der Waals surface area contributed by atoms with Gasteiger partial charge in [-0.2, -0.15) is 0 Å². The van der Waals surface area contributed by atoms with E-state index in [2.05, 4.69) is 0 Å². The van der Waals surface area contributed by atoms with Crippen LogP contribution in [-0.4, -0.2) is 115 Å². The van der Waals surface area contributed by atoms with Crippen LogP contribution in [0.5, 0.6) is 0 Å². The lowest BCUT2D eigenvalue weighted by Gasteiger charge is -2.26. The third kappa shape index (κ3) is 23.1. The Hall–Kier alpha value is -11.8. The fraction of sp³-hybridized carbons (Fsp3) is 0.253. The average molecular weight is 1510 g/mol. The van der Waals surface area contributed by atoms with E-state index >= 15 is 0 Å². The van der Waals surface area contributed by atoms with E-state index < -0.39 is 159 Å². The number of esters is 3. The topological polar surface area (TPSA) is 186 Å². The Bertz CT molecular complexity index is 4850. The largest absolute Gasteiger partial charge is 0.460 e. The number of carbonyl (C=O) groups excluding carboxylic acids is 8. The molecule has 572 valence electrons. The minimum absolute atomic E-state index is 0.0662. The number of hydroxylamine groups is 2. The molecule has 16 nitrogen and oxygen atoms in total. The van der Waals surface area contributed by atoms with Crippen molar-refractivity contribution in [3.8, 4) is 33.4 Å². The van der Waals surface area contributed by atoms with Gasteiger partial charge in [0.2, 0.25) is 0 Å². The monoisotopic (exact) mass is 1510 g/mol. The van der Waals surface area contributed by atoms with Gasteiger partial charge >= 0.3 is 17.9 Å². The first-order chi connectivity index (χ1) is 50.9. The lowest BCUT2D eigenvalue weighted by molar-refractivity contribution is -0.155. The summed E-state index contributed by atoms with van der Waals surface area (Å²) in [5.74, 6) is -20.1. The first kappa shape index (κ1) is 84.5. The van der Waals surface area contributed by atoms with Crippen molar-refractivity contribution in [1.29, 1.82) is 0 Å². The van der Waals surface area contributed by atoms with Crippen LogP contribution in [0.1, 0.15) is 138 Å². The van der Waals surface area contributed by atoms with E-state index in [1.807, 2.05) is 0 Å². The number of hydrogen-bond acceptors (Lipinski definition) is 12. The fourth-order valence-electron chi connectivity index (χ4n) is 10.8. The highest BCUT2D eigenvalue weighted by molar-refractivity contribution is 6.10. The van der Waals surface area contributed by atoms with Gasteiger partial charge in [-0.3, -0.25) is 53.0 Å². The van der Waals surface area contributed by atoms with Crippen LogP contribution in [0.4, 0.5) is 55.3 Å². The van der Waals surface area contributed by atoms with E-state index in [-0.39, 0.29) is 22.8 Å². The van der Waals surface area contributed by atoms with Gasteiger partial charge in [0.05, 0.1) is 25.0 Å². The minimum Gasteiger partial charge on any atom is -0.460 e. The highest BCUT2D eigenvalue weighted by atomic mass is 19.2. The molecule has 0 aliphatic heterocycles. The number of hydrogen-bond donors (Lipinski definition) is 0. The Morgan fingerprint density at radius 2 is 0.771 bits per heavy atom. The van der Waals surface area contributed by atoms with Gasteiger partial charge in [0.1, 0.15) is 99.2 Å². The van der Waals surface area contributed by atoms with Crippen molar-refractivity contribution >= 4 is 58.7 Å². The summed E-state index contributed by atoms with van der Waals surface area (Å²) in [6.45, 7) is 15.1. The number of nitrogens with zero attached hydrogens (tertiary/aromatic N) is 4. The van der Waals surface area contributed by atoms with Crippen LogP contribution in [0.15, 0.2) is 176 Å². The van der Waals surface area contributed by atoms with Crippen LogP contribution in [-0.2, 0) is 33.4 Å². The Labute approximate surface area is 623 Å². The number of benzene rings is 9. The Morgan fingerprint density at radius 3 is 1.20 bits per heavy atom.